The molecule has 3 heteroatoms. The van der Waals surface area contributed by atoms with E-state index in [1.165, 1.54) is 5.56 Å². The van der Waals surface area contributed by atoms with Crippen molar-refractivity contribution in [2.24, 2.45) is 0 Å². The Morgan fingerprint density at radius 1 is 1.31 bits per heavy atom. The third kappa shape index (κ3) is 4.33. The number of rotatable bonds is 6. The molecule has 0 spiro atoms. The molecule has 0 atom stereocenters. The molecule has 0 heterocycles. The standard InChI is InChI=1S/C13H19N3/c1-2-16(10-4-3-9-14)11-12-5-7-13(15)8-6-12/h5-8H,2-4,10-11,15H2,1H3. The van der Waals surface area contributed by atoms with Crippen LogP contribution in [0.15, 0.2) is 24.3 Å². The number of anilines is 1. The zero-order chi connectivity index (χ0) is 11.8. The number of nitrogens with two attached hydrogens (primary N) is 1. The second-order valence-electron chi connectivity index (χ2n) is 3.87. The average molecular weight is 217 g/mol. The van der Waals surface area contributed by atoms with Crippen molar-refractivity contribution in [3.63, 3.8) is 0 Å². The van der Waals surface area contributed by atoms with Gasteiger partial charge in [0.1, 0.15) is 0 Å². The van der Waals surface area contributed by atoms with E-state index in [2.05, 4.69) is 30.0 Å². The SMILES string of the molecule is CCN(CCCC#N)Cc1ccc(N)cc1. The minimum atomic E-state index is 0.637. The molecule has 0 aliphatic rings. The fourth-order valence-corrected chi connectivity index (χ4v) is 1.61. The van der Waals surface area contributed by atoms with Crippen molar-refractivity contribution in [2.45, 2.75) is 26.3 Å². The van der Waals surface area contributed by atoms with Crippen LogP contribution in [0.3, 0.4) is 0 Å². The molecule has 0 aliphatic heterocycles. The first-order chi connectivity index (χ1) is 7.76. The van der Waals surface area contributed by atoms with Gasteiger partial charge in [-0.05, 0) is 37.2 Å². The molecular weight excluding hydrogens is 198 g/mol. The summed E-state index contributed by atoms with van der Waals surface area (Å²) in [7, 11) is 0. The van der Waals surface area contributed by atoms with Crippen LogP contribution in [0.25, 0.3) is 0 Å². The van der Waals surface area contributed by atoms with E-state index in [4.69, 9.17) is 11.0 Å². The Balaban J connectivity index is 2.43. The van der Waals surface area contributed by atoms with Crippen LogP contribution in [-0.4, -0.2) is 18.0 Å². The normalized spacial score (nSPS) is 10.3. The highest BCUT2D eigenvalue weighted by Gasteiger charge is 2.02. The number of hydrogen-bond acceptors (Lipinski definition) is 3. The van der Waals surface area contributed by atoms with Gasteiger partial charge in [-0.3, -0.25) is 4.90 Å². The maximum absolute atomic E-state index is 8.49. The number of benzene rings is 1. The summed E-state index contributed by atoms with van der Waals surface area (Å²) in [5.41, 5.74) is 7.71. The van der Waals surface area contributed by atoms with Gasteiger partial charge in [0.25, 0.3) is 0 Å². The predicted molar refractivity (Wildman–Crippen MR) is 66.7 cm³/mol. The molecule has 0 radical (unpaired) electrons. The number of hydrogen-bond donors (Lipinski definition) is 1. The van der Waals surface area contributed by atoms with Gasteiger partial charge < -0.3 is 5.73 Å². The van der Waals surface area contributed by atoms with Gasteiger partial charge in [0, 0.05) is 18.7 Å². The van der Waals surface area contributed by atoms with E-state index in [0.29, 0.717) is 6.42 Å². The van der Waals surface area contributed by atoms with Crippen LogP contribution in [0.2, 0.25) is 0 Å². The summed E-state index contributed by atoms with van der Waals surface area (Å²) >= 11 is 0. The smallest absolute Gasteiger partial charge is 0.0622 e. The van der Waals surface area contributed by atoms with Gasteiger partial charge in [-0.2, -0.15) is 5.26 Å². The maximum atomic E-state index is 8.49. The number of unbranched alkanes of at least 4 members (excludes halogenated alkanes) is 1. The van der Waals surface area contributed by atoms with E-state index in [1.807, 2.05) is 12.1 Å². The zero-order valence-corrected chi connectivity index (χ0v) is 9.82. The van der Waals surface area contributed by atoms with E-state index in [1.54, 1.807) is 0 Å². The van der Waals surface area contributed by atoms with Gasteiger partial charge >= 0.3 is 0 Å². The Bertz CT molecular complexity index is 337. The van der Waals surface area contributed by atoms with Crippen molar-refractivity contribution in [1.29, 1.82) is 5.26 Å². The third-order valence-electron chi connectivity index (χ3n) is 2.60. The van der Waals surface area contributed by atoms with E-state index in [-0.39, 0.29) is 0 Å². The third-order valence-corrected chi connectivity index (χ3v) is 2.60. The summed E-state index contributed by atoms with van der Waals surface area (Å²) in [5, 5.41) is 8.49. The van der Waals surface area contributed by atoms with Crippen LogP contribution in [0.1, 0.15) is 25.3 Å². The fourth-order valence-electron chi connectivity index (χ4n) is 1.61. The van der Waals surface area contributed by atoms with Crippen LogP contribution < -0.4 is 5.73 Å². The summed E-state index contributed by atoms with van der Waals surface area (Å²) in [6.07, 6.45) is 1.58. The molecule has 0 bridgehead atoms. The molecule has 0 unspecified atom stereocenters. The molecule has 1 aromatic carbocycles. The van der Waals surface area contributed by atoms with Gasteiger partial charge in [0.2, 0.25) is 0 Å². The average Bonchev–Trinajstić information content (AvgIpc) is 2.31. The lowest BCUT2D eigenvalue weighted by molar-refractivity contribution is 0.277. The van der Waals surface area contributed by atoms with Crippen molar-refractivity contribution in [3.05, 3.63) is 29.8 Å². The second kappa shape index (κ2) is 6.86. The van der Waals surface area contributed by atoms with E-state index < -0.39 is 0 Å². The summed E-state index contributed by atoms with van der Waals surface area (Å²) in [6, 6.07) is 10.1. The predicted octanol–water partition coefficient (Wildman–Crippen LogP) is 2.39. The first-order valence-electron chi connectivity index (χ1n) is 5.70. The van der Waals surface area contributed by atoms with Gasteiger partial charge in [-0.1, -0.05) is 19.1 Å². The summed E-state index contributed by atoms with van der Waals surface area (Å²) in [5.74, 6) is 0. The lowest BCUT2D eigenvalue weighted by Crippen LogP contribution is -2.23. The molecule has 0 saturated heterocycles. The summed E-state index contributed by atoms with van der Waals surface area (Å²) in [4.78, 5) is 2.34. The lowest BCUT2D eigenvalue weighted by atomic mass is 10.2. The van der Waals surface area contributed by atoms with Crippen molar-refractivity contribution >= 4 is 5.69 Å². The fraction of sp³-hybridized carbons (Fsp3) is 0.462. The van der Waals surface area contributed by atoms with Crippen molar-refractivity contribution < 1.29 is 0 Å². The topological polar surface area (TPSA) is 53.0 Å². The quantitative estimate of drug-likeness (QED) is 0.588. The highest BCUT2D eigenvalue weighted by Crippen LogP contribution is 2.09. The summed E-state index contributed by atoms with van der Waals surface area (Å²) in [6.45, 7) is 5.07. The molecule has 86 valence electrons. The Morgan fingerprint density at radius 2 is 2.00 bits per heavy atom. The second-order valence-corrected chi connectivity index (χ2v) is 3.87. The van der Waals surface area contributed by atoms with Gasteiger partial charge in [-0.25, -0.2) is 0 Å². The van der Waals surface area contributed by atoms with Crippen LogP contribution in [0.5, 0.6) is 0 Å². The highest BCUT2D eigenvalue weighted by molar-refractivity contribution is 5.39. The molecule has 0 aromatic heterocycles. The molecule has 2 N–H and O–H groups in total. The zero-order valence-electron chi connectivity index (χ0n) is 9.82. The molecule has 16 heavy (non-hydrogen) atoms. The Morgan fingerprint density at radius 3 is 2.56 bits per heavy atom. The Kier molecular flexibility index (Phi) is 5.38. The maximum Gasteiger partial charge on any atom is 0.0622 e. The van der Waals surface area contributed by atoms with Gasteiger partial charge in [0.15, 0.2) is 0 Å². The van der Waals surface area contributed by atoms with Gasteiger partial charge in [0.05, 0.1) is 6.07 Å². The van der Waals surface area contributed by atoms with E-state index >= 15 is 0 Å². The molecule has 0 saturated carbocycles. The monoisotopic (exact) mass is 217 g/mol. The largest absolute Gasteiger partial charge is 0.399 e. The minimum Gasteiger partial charge on any atom is -0.399 e. The molecule has 3 nitrogen and oxygen atoms in total. The number of nitrogens with zero attached hydrogens (tertiary/aromatic N) is 2. The van der Waals surface area contributed by atoms with Gasteiger partial charge in [-0.15, -0.1) is 0 Å². The van der Waals surface area contributed by atoms with E-state index in [9.17, 15) is 0 Å². The first kappa shape index (κ1) is 12.5. The molecule has 0 aliphatic carbocycles. The van der Waals surface area contributed by atoms with Crippen molar-refractivity contribution in [2.75, 3.05) is 18.8 Å². The highest BCUT2D eigenvalue weighted by atomic mass is 15.1. The Labute approximate surface area is 97.5 Å². The Hall–Kier alpha value is -1.53. The van der Waals surface area contributed by atoms with Crippen molar-refractivity contribution in [1.82, 2.24) is 4.90 Å². The molecule has 1 rings (SSSR count). The lowest BCUT2D eigenvalue weighted by Gasteiger charge is -2.19. The van der Waals surface area contributed by atoms with Crippen LogP contribution in [0.4, 0.5) is 5.69 Å². The molecule has 0 fully saturated rings. The van der Waals surface area contributed by atoms with Crippen molar-refractivity contribution in [3.8, 4) is 6.07 Å². The number of nitriles is 1. The molecule has 0 amide bonds. The number of nitrogen functional groups attached to an aromatic ring is 1. The minimum absolute atomic E-state index is 0.637. The van der Waals surface area contributed by atoms with E-state index in [0.717, 1.165) is 31.7 Å². The van der Waals surface area contributed by atoms with Crippen LogP contribution in [0, 0.1) is 11.3 Å². The molecule has 1 aromatic rings. The molecular formula is C13H19N3. The first-order valence-corrected chi connectivity index (χ1v) is 5.70. The van der Waals surface area contributed by atoms with Crippen LogP contribution in [-0.2, 0) is 6.54 Å². The van der Waals surface area contributed by atoms with Crippen LogP contribution >= 0.6 is 0 Å². The summed E-state index contributed by atoms with van der Waals surface area (Å²) < 4.78 is 0.